The Morgan fingerprint density at radius 1 is 1.12 bits per heavy atom. The van der Waals surface area contributed by atoms with Crippen molar-refractivity contribution >= 4 is 50.6 Å². The zero-order valence-electron chi connectivity index (χ0n) is 8.05. The summed E-state index contributed by atoms with van der Waals surface area (Å²) in [6.45, 7) is 0. The standard InChI is InChI=1S/C11H7BrCl2N2/c12-7-1-3-10(9(14)5-7)16-11-4-2-8(13)6-15-11/h1-6H,(H,15,16). The van der Waals surface area contributed by atoms with Crippen LogP contribution in [0.25, 0.3) is 0 Å². The second kappa shape index (κ2) is 5.04. The molecule has 0 aliphatic rings. The van der Waals surface area contributed by atoms with Crippen molar-refractivity contribution in [2.45, 2.75) is 0 Å². The maximum atomic E-state index is 6.06. The predicted octanol–water partition coefficient (Wildman–Crippen LogP) is 4.89. The SMILES string of the molecule is Clc1ccc(Nc2ccc(Br)cc2Cl)nc1. The predicted molar refractivity (Wildman–Crippen MR) is 71.7 cm³/mol. The number of halogens is 3. The van der Waals surface area contributed by atoms with Crippen molar-refractivity contribution in [2.75, 3.05) is 5.32 Å². The molecule has 0 aliphatic carbocycles. The fraction of sp³-hybridized carbons (Fsp3) is 0. The van der Waals surface area contributed by atoms with Gasteiger partial charge in [0.2, 0.25) is 0 Å². The lowest BCUT2D eigenvalue weighted by atomic mass is 10.3. The van der Waals surface area contributed by atoms with Gasteiger partial charge >= 0.3 is 0 Å². The lowest BCUT2D eigenvalue weighted by Gasteiger charge is -2.07. The van der Waals surface area contributed by atoms with Gasteiger partial charge in [0, 0.05) is 10.7 Å². The van der Waals surface area contributed by atoms with Gasteiger partial charge in [-0.05, 0) is 30.3 Å². The Labute approximate surface area is 112 Å². The van der Waals surface area contributed by atoms with E-state index in [1.54, 1.807) is 18.3 Å². The van der Waals surface area contributed by atoms with E-state index in [0.29, 0.717) is 15.9 Å². The first-order valence-corrected chi connectivity index (χ1v) is 6.04. The van der Waals surface area contributed by atoms with Crippen LogP contribution in [0, 0.1) is 0 Å². The highest BCUT2D eigenvalue weighted by Gasteiger charge is 2.01. The van der Waals surface area contributed by atoms with Crippen LogP contribution in [0.1, 0.15) is 0 Å². The van der Waals surface area contributed by atoms with E-state index in [1.807, 2.05) is 18.2 Å². The van der Waals surface area contributed by atoms with Crippen molar-refractivity contribution in [2.24, 2.45) is 0 Å². The summed E-state index contributed by atoms with van der Waals surface area (Å²) in [5.74, 6) is 0.702. The maximum absolute atomic E-state index is 6.06. The number of hydrogen-bond donors (Lipinski definition) is 1. The van der Waals surface area contributed by atoms with Crippen LogP contribution < -0.4 is 5.32 Å². The van der Waals surface area contributed by atoms with Crippen LogP contribution in [0.5, 0.6) is 0 Å². The molecule has 1 aromatic carbocycles. The lowest BCUT2D eigenvalue weighted by molar-refractivity contribution is 1.31. The Hall–Kier alpha value is -0.770. The number of nitrogens with one attached hydrogen (secondary N) is 1. The van der Waals surface area contributed by atoms with Crippen LogP contribution in [-0.2, 0) is 0 Å². The Kier molecular flexibility index (Phi) is 3.69. The summed E-state index contributed by atoms with van der Waals surface area (Å²) >= 11 is 15.2. The minimum Gasteiger partial charge on any atom is -0.339 e. The van der Waals surface area contributed by atoms with E-state index >= 15 is 0 Å². The first-order valence-electron chi connectivity index (χ1n) is 4.49. The number of pyridine rings is 1. The van der Waals surface area contributed by atoms with E-state index in [-0.39, 0.29) is 0 Å². The first kappa shape index (κ1) is 11.7. The second-order valence-corrected chi connectivity index (χ2v) is 4.87. The van der Waals surface area contributed by atoms with E-state index in [2.05, 4.69) is 26.2 Å². The molecule has 1 heterocycles. The molecule has 0 spiro atoms. The Morgan fingerprint density at radius 2 is 1.94 bits per heavy atom. The van der Waals surface area contributed by atoms with Gasteiger partial charge in [-0.3, -0.25) is 0 Å². The molecular weight excluding hydrogens is 311 g/mol. The highest BCUT2D eigenvalue weighted by atomic mass is 79.9. The minimum atomic E-state index is 0.604. The molecule has 0 bridgehead atoms. The van der Waals surface area contributed by atoms with Gasteiger partial charge in [-0.2, -0.15) is 0 Å². The van der Waals surface area contributed by atoms with Gasteiger partial charge in [-0.25, -0.2) is 4.98 Å². The molecule has 82 valence electrons. The maximum Gasteiger partial charge on any atom is 0.130 e. The van der Waals surface area contributed by atoms with E-state index in [4.69, 9.17) is 23.2 Å². The van der Waals surface area contributed by atoms with E-state index in [9.17, 15) is 0 Å². The smallest absolute Gasteiger partial charge is 0.130 e. The Morgan fingerprint density at radius 3 is 2.56 bits per heavy atom. The lowest BCUT2D eigenvalue weighted by Crippen LogP contribution is -1.93. The van der Waals surface area contributed by atoms with E-state index in [0.717, 1.165) is 10.2 Å². The molecule has 0 unspecified atom stereocenters. The molecule has 0 amide bonds. The van der Waals surface area contributed by atoms with Crippen molar-refractivity contribution in [1.29, 1.82) is 0 Å². The number of benzene rings is 1. The third-order valence-corrected chi connectivity index (χ3v) is 2.95. The molecule has 2 nitrogen and oxygen atoms in total. The van der Waals surface area contributed by atoms with Gasteiger partial charge in [0.15, 0.2) is 0 Å². The average Bonchev–Trinajstić information content (AvgIpc) is 2.25. The third kappa shape index (κ3) is 2.88. The molecule has 16 heavy (non-hydrogen) atoms. The summed E-state index contributed by atoms with van der Waals surface area (Å²) in [5.41, 5.74) is 0.805. The average molecular weight is 318 g/mol. The van der Waals surface area contributed by atoms with Gasteiger partial charge in [-0.1, -0.05) is 39.1 Å². The molecule has 2 aromatic rings. The molecule has 5 heteroatoms. The monoisotopic (exact) mass is 316 g/mol. The summed E-state index contributed by atoms with van der Waals surface area (Å²) in [5, 5.41) is 4.34. The zero-order chi connectivity index (χ0) is 11.5. The van der Waals surface area contributed by atoms with Gasteiger partial charge in [0.25, 0.3) is 0 Å². The van der Waals surface area contributed by atoms with Crippen molar-refractivity contribution < 1.29 is 0 Å². The Bertz CT molecular complexity index is 500. The molecule has 0 saturated heterocycles. The first-order chi connectivity index (χ1) is 7.65. The summed E-state index contributed by atoms with van der Waals surface area (Å²) in [6, 6.07) is 9.16. The van der Waals surface area contributed by atoms with Crippen molar-refractivity contribution in [1.82, 2.24) is 4.98 Å². The van der Waals surface area contributed by atoms with Crippen LogP contribution in [0.3, 0.4) is 0 Å². The Balaban J connectivity index is 2.23. The second-order valence-electron chi connectivity index (χ2n) is 3.11. The van der Waals surface area contributed by atoms with Gasteiger partial charge in [0.1, 0.15) is 5.82 Å². The molecule has 0 atom stereocenters. The van der Waals surface area contributed by atoms with Gasteiger partial charge in [-0.15, -0.1) is 0 Å². The summed E-state index contributed by atoms with van der Waals surface area (Å²) in [6.07, 6.45) is 1.58. The topological polar surface area (TPSA) is 24.9 Å². The molecule has 1 aromatic heterocycles. The third-order valence-electron chi connectivity index (χ3n) is 1.92. The van der Waals surface area contributed by atoms with Gasteiger partial charge in [0.05, 0.1) is 15.7 Å². The number of nitrogens with zero attached hydrogens (tertiary/aromatic N) is 1. The van der Waals surface area contributed by atoms with E-state index < -0.39 is 0 Å². The van der Waals surface area contributed by atoms with Crippen LogP contribution in [0.2, 0.25) is 10.0 Å². The van der Waals surface area contributed by atoms with Crippen molar-refractivity contribution in [3.05, 3.63) is 51.0 Å². The normalized spacial score (nSPS) is 10.2. The highest BCUT2D eigenvalue weighted by molar-refractivity contribution is 9.10. The number of rotatable bonds is 2. The minimum absolute atomic E-state index is 0.604. The van der Waals surface area contributed by atoms with E-state index in [1.165, 1.54) is 0 Å². The molecule has 1 N–H and O–H groups in total. The van der Waals surface area contributed by atoms with Crippen molar-refractivity contribution in [3.63, 3.8) is 0 Å². The molecule has 0 radical (unpaired) electrons. The fourth-order valence-electron chi connectivity index (χ4n) is 1.18. The summed E-state index contributed by atoms with van der Waals surface area (Å²) < 4.78 is 0.937. The highest BCUT2D eigenvalue weighted by Crippen LogP contribution is 2.27. The molecule has 0 fully saturated rings. The van der Waals surface area contributed by atoms with Gasteiger partial charge < -0.3 is 5.32 Å². The number of aromatic nitrogens is 1. The van der Waals surface area contributed by atoms with Crippen LogP contribution >= 0.6 is 39.1 Å². The fourth-order valence-corrected chi connectivity index (χ4v) is 2.01. The largest absolute Gasteiger partial charge is 0.339 e. The van der Waals surface area contributed by atoms with Crippen LogP contribution in [-0.4, -0.2) is 4.98 Å². The molecular formula is C11H7BrCl2N2. The van der Waals surface area contributed by atoms with Crippen molar-refractivity contribution in [3.8, 4) is 0 Å². The summed E-state index contributed by atoms with van der Waals surface area (Å²) in [4.78, 5) is 4.12. The van der Waals surface area contributed by atoms with Crippen LogP contribution in [0.4, 0.5) is 11.5 Å². The number of hydrogen-bond acceptors (Lipinski definition) is 2. The molecule has 2 rings (SSSR count). The molecule has 0 saturated carbocycles. The molecule has 0 aliphatic heterocycles. The number of anilines is 2. The summed E-state index contributed by atoms with van der Waals surface area (Å²) in [7, 11) is 0. The van der Waals surface area contributed by atoms with Crippen LogP contribution in [0.15, 0.2) is 41.0 Å². The quantitative estimate of drug-likeness (QED) is 0.852. The zero-order valence-corrected chi connectivity index (χ0v) is 11.1.